The number of benzene rings is 1. The van der Waals surface area contributed by atoms with Crippen LogP contribution in [0.2, 0.25) is 0 Å². The third-order valence-electron chi connectivity index (χ3n) is 3.38. The first-order chi connectivity index (χ1) is 11.1. The largest absolute Gasteiger partial charge is 0.497 e. The van der Waals surface area contributed by atoms with Gasteiger partial charge in [-0.3, -0.25) is 9.59 Å². The average Bonchev–Trinajstić information content (AvgIpc) is 2.51. The summed E-state index contributed by atoms with van der Waals surface area (Å²) in [5.41, 5.74) is 0.562. The fraction of sp³-hybridized carbons (Fsp3) is 0.467. The molecule has 0 radical (unpaired) electrons. The molecular formula is C15H20INO6S. The van der Waals surface area contributed by atoms with Crippen LogP contribution in [0.3, 0.4) is 0 Å². The van der Waals surface area contributed by atoms with Gasteiger partial charge in [-0.25, -0.2) is 12.7 Å². The molecule has 0 fully saturated rings. The summed E-state index contributed by atoms with van der Waals surface area (Å²) in [4.78, 5) is 22.9. The number of hydrogen-bond donors (Lipinski definition) is 0. The Bertz CT molecular complexity index is 708. The van der Waals surface area contributed by atoms with Gasteiger partial charge in [0.15, 0.2) is 0 Å². The normalized spacial score (nSPS) is 11.4. The van der Waals surface area contributed by atoms with Gasteiger partial charge >= 0.3 is 5.97 Å². The Balaban J connectivity index is 2.92. The predicted octanol–water partition coefficient (Wildman–Crippen LogP) is 1.75. The molecule has 0 aromatic heterocycles. The van der Waals surface area contributed by atoms with Crippen LogP contribution in [0.25, 0.3) is 0 Å². The lowest BCUT2D eigenvalue weighted by Crippen LogP contribution is -2.30. The van der Waals surface area contributed by atoms with Gasteiger partial charge in [-0.15, -0.1) is 0 Å². The molecule has 1 rings (SSSR count). The highest BCUT2D eigenvalue weighted by Gasteiger charge is 2.26. The molecule has 0 aliphatic heterocycles. The number of carbonyl (C=O) groups excluding carboxylic acids is 2. The second-order valence-electron chi connectivity index (χ2n) is 5.12. The lowest BCUT2D eigenvalue weighted by Gasteiger charge is -2.19. The van der Waals surface area contributed by atoms with Crippen molar-refractivity contribution in [1.82, 2.24) is 4.31 Å². The van der Waals surface area contributed by atoms with Gasteiger partial charge in [0.05, 0.1) is 19.1 Å². The van der Waals surface area contributed by atoms with Crippen molar-refractivity contribution in [2.75, 3.05) is 27.8 Å². The standard InChI is InChI=1S/C15H20INO6S/c1-10-7-12(22-3)9-13(16)15(10)24(20,21)17(2)6-5-11(18)8-14(19)23-4/h7,9H,5-6,8H2,1-4H3. The van der Waals surface area contributed by atoms with Crippen molar-refractivity contribution >= 4 is 44.4 Å². The number of rotatable bonds is 8. The summed E-state index contributed by atoms with van der Waals surface area (Å²) in [5.74, 6) is -0.428. The highest BCUT2D eigenvalue weighted by atomic mass is 127. The van der Waals surface area contributed by atoms with Crippen LogP contribution in [0.1, 0.15) is 18.4 Å². The smallest absolute Gasteiger partial charge is 0.313 e. The van der Waals surface area contributed by atoms with E-state index in [1.807, 2.05) is 22.6 Å². The molecular weight excluding hydrogens is 449 g/mol. The molecule has 0 atom stereocenters. The number of sulfonamides is 1. The number of Topliss-reactive ketones (excluding diaryl/α,β-unsaturated/α-hetero) is 1. The first kappa shape index (κ1) is 20.8. The van der Waals surface area contributed by atoms with Crippen molar-refractivity contribution in [2.24, 2.45) is 0 Å². The Morgan fingerprint density at radius 1 is 1.25 bits per heavy atom. The van der Waals surface area contributed by atoms with E-state index in [0.29, 0.717) is 14.9 Å². The molecule has 0 unspecified atom stereocenters. The number of hydrogen-bond acceptors (Lipinski definition) is 6. The molecule has 1 aromatic rings. The van der Waals surface area contributed by atoms with E-state index in [2.05, 4.69) is 4.74 Å². The van der Waals surface area contributed by atoms with Gasteiger partial charge < -0.3 is 9.47 Å². The number of halogens is 1. The second-order valence-corrected chi connectivity index (χ2v) is 8.27. The molecule has 0 saturated carbocycles. The number of carbonyl (C=O) groups is 2. The molecule has 0 bridgehead atoms. The third-order valence-corrected chi connectivity index (χ3v) is 6.66. The SMILES string of the molecule is COC(=O)CC(=O)CCN(C)S(=O)(=O)c1c(C)cc(OC)cc1I. The Morgan fingerprint density at radius 2 is 1.88 bits per heavy atom. The predicted molar refractivity (Wildman–Crippen MR) is 96.5 cm³/mol. The fourth-order valence-corrected chi connectivity index (χ4v) is 5.01. The molecule has 1 aromatic carbocycles. The molecule has 0 N–H and O–H groups in total. The van der Waals surface area contributed by atoms with E-state index in [9.17, 15) is 18.0 Å². The summed E-state index contributed by atoms with van der Waals surface area (Å²) in [6, 6.07) is 3.28. The van der Waals surface area contributed by atoms with Crippen LogP contribution < -0.4 is 4.74 Å². The molecule has 0 aliphatic rings. The minimum absolute atomic E-state index is 0.0142. The quantitative estimate of drug-likeness (QED) is 0.328. The van der Waals surface area contributed by atoms with E-state index in [1.54, 1.807) is 19.1 Å². The zero-order chi connectivity index (χ0) is 18.5. The summed E-state index contributed by atoms with van der Waals surface area (Å²) < 4.78 is 36.7. The maximum absolute atomic E-state index is 12.7. The van der Waals surface area contributed by atoms with Gasteiger partial charge in [0.25, 0.3) is 0 Å². The lowest BCUT2D eigenvalue weighted by atomic mass is 10.2. The minimum Gasteiger partial charge on any atom is -0.497 e. The molecule has 0 amide bonds. The van der Waals surface area contributed by atoms with Crippen LogP contribution >= 0.6 is 22.6 Å². The first-order valence-electron chi connectivity index (χ1n) is 7.02. The summed E-state index contributed by atoms with van der Waals surface area (Å²) in [7, 11) is 0.357. The van der Waals surface area contributed by atoms with Crippen LogP contribution in [0.5, 0.6) is 5.75 Å². The Kier molecular flexibility index (Phi) is 7.61. The van der Waals surface area contributed by atoms with Gasteiger partial charge in [0, 0.05) is 23.6 Å². The van der Waals surface area contributed by atoms with Crippen molar-refractivity contribution in [3.63, 3.8) is 0 Å². The van der Waals surface area contributed by atoms with Crippen LogP contribution in [-0.4, -0.2) is 52.3 Å². The van der Waals surface area contributed by atoms with Gasteiger partial charge in [-0.05, 0) is 47.2 Å². The summed E-state index contributed by atoms with van der Waals surface area (Å²) in [6.07, 6.45) is -0.417. The highest BCUT2D eigenvalue weighted by Crippen LogP contribution is 2.29. The zero-order valence-corrected chi connectivity index (χ0v) is 16.9. The summed E-state index contributed by atoms with van der Waals surface area (Å²) in [6.45, 7) is 1.67. The Labute approximate surface area is 155 Å². The monoisotopic (exact) mass is 469 g/mol. The Hall–Kier alpha value is -1.20. The van der Waals surface area contributed by atoms with Crippen molar-refractivity contribution in [1.29, 1.82) is 0 Å². The van der Waals surface area contributed by atoms with Crippen LogP contribution in [-0.2, 0) is 24.3 Å². The topological polar surface area (TPSA) is 90.0 Å². The highest BCUT2D eigenvalue weighted by molar-refractivity contribution is 14.1. The molecule has 7 nitrogen and oxygen atoms in total. The van der Waals surface area contributed by atoms with Crippen molar-refractivity contribution in [3.05, 3.63) is 21.3 Å². The number of nitrogens with zero attached hydrogens (tertiary/aromatic N) is 1. The maximum Gasteiger partial charge on any atom is 0.313 e. The molecule has 0 aliphatic carbocycles. The fourth-order valence-electron chi connectivity index (χ4n) is 2.02. The zero-order valence-electron chi connectivity index (χ0n) is 14.0. The number of ether oxygens (including phenoxy) is 2. The van der Waals surface area contributed by atoms with E-state index in [-0.39, 0.29) is 30.1 Å². The van der Waals surface area contributed by atoms with E-state index in [0.717, 1.165) is 4.31 Å². The van der Waals surface area contributed by atoms with Crippen LogP contribution in [0.15, 0.2) is 17.0 Å². The molecule has 9 heteroatoms. The number of aryl methyl sites for hydroxylation is 1. The van der Waals surface area contributed by atoms with Gasteiger partial charge in [-0.1, -0.05) is 0 Å². The third kappa shape index (κ3) is 5.15. The molecule has 0 heterocycles. The molecule has 24 heavy (non-hydrogen) atoms. The van der Waals surface area contributed by atoms with E-state index in [1.165, 1.54) is 21.3 Å². The average molecular weight is 469 g/mol. The van der Waals surface area contributed by atoms with Crippen LogP contribution in [0.4, 0.5) is 0 Å². The number of methoxy groups -OCH3 is 2. The second kappa shape index (κ2) is 8.77. The van der Waals surface area contributed by atoms with Crippen LogP contribution in [0, 0.1) is 10.5 Å². The van der Waals surface area contributed by atoms with Crippen molar-refractivity contribution < 1.29 is 27.5 Å². The summed E-state index contributed by atoms with van der Waals surface area (Å²) >= 11 is 1.94. The number of ketones is 1. The first-order valence-corrected chi connectivity index (χ1v) is 9.54. The lowest BCUT2D eigenvalue weighted by molar-refractivity contribution is -0.143. The van der Waals surface area contributed by atoms with E-state index >= 15 is 0 Å². The van der Waals surface area contributed by atoms with Gasteiger partial charge in [-0.2, -0.15) is 0 Å². The van der Waals surface area contributed by atoms with E-state index in [4.69, 9.17) is 4.74 Å². The molecule has 0 saturated heterocycles. The van der Waals surface area contributed by atoms with Crippen molar-refractivity contribution in [3.8, 4) is 5.75 Å². The molecule has 0 spiro atoms. The van der Waals surface area contributed by atoms with Crippen molar-refractivity contribution in [2.45, 2.75) is 24.7 Å². The van der Waals surface area contributed by atoms with E-state index < -0.39 is 16.0 Å². The molecule has 134 valence electrons. The Morgan fingerprint density at radius 3 is 2.38 bits per heavy atom. The van der Waals surface area contributed by atoms with Gasteiger partial charge in [0.2, 0.25) is 10.0 Å². The summed E-state index contributed by atoms with van der Waals surface area (Å²) in [5, 5.41) is 0. The minimum atomic E-state index is -3.75. The van der Waals surface area contributed by atoms with Gasteiger partial charge in [0.1, 0.15) is 18.0 Å². The maximum atomic E-state index is 12.7. The number of esters is 1.